The Morgan fingerprint density at radius 3 is 2.92 bits per heavy atom. The van der Waals surface area contributed by atoms with Crippen LogP contribution < -0.4 is 15.6 Å². The molecule has 0 aliphatic carbocycles. The Morgan fingerprint density at radius 2 is 2.12 bits per heavy atom. The van der Waals surface area contributed by atoms with Crippen molar-refractivity contribution >= 4 is 34.7 Å². The standard InChI is InChI=1S/C19H15ClN2O4/c1-2-25-16-6-4-3-5-14(16)19(24)22-21-10-12-11-26-17-8-7-13(20)9-15(17)18(12)23/h3-11H,2H2,1H3,(H,22,24)/b21-10+. The van der Waals surface area contributed by atoms with Crippen LogP contribution in [0.5, 0.6) is 5.75 Å². The van der Waals surface area contributed by atoms with Crippen molar-refractivity contribution in [3.05, 3.63) is 75.1 Å². The van der Waals surface area contributed by atoms with Gasteiger partial charge in [-0.1, -0.05) is 23.7 Å². The zero-order chi connectivity index (χ0) is 18.5. The molecule has 3 aromatic rings. The van der Waals surface area contributed by atoms with E-state index in [2.05, 4.69) is 10.5 Å². The third-order valence-corrected chi connectivity index (χ3v) is 3.80. The van der Waals surface area contributed by atoms with Crippen molar-refractivity contribution in [1.82, 2.24) is 5.43 Å². The van der Waals surface area contributed by atoms with Gasteiger partial charge >= 0.3 is 0 Å². The first-order valence-corrected chi connectivity index (χ1v) is 8.24. The first-order valence-electron chi connectivity index (χ1n) is 7.86. The molecule has 0 atom stereocenters. The van der Waals surface area contributed by atoms with Gasteiger partial charge in [0.15, 0.2) is 0 Å². The van der Waals surface area contributed by atoms with Crippen LogP contribution in [0.4, 0.5) is 0 Å². The number of rotatable bonds is 5. The van der Waals surface area contributed by atoms with Crippen LogP contribution in [-0.4, -0.2) is 18.7 Å². The van der Waals surface area contributed by atoms with E-state index in [4.69, 9.17) is 20.8 Å². The molecule has 7 heteroatoms. The average Bonchev–Trinajstić information content (AvgIpc) is 2.64. The second kappa shape index (κ2) is 7.84. The second-order valence-electron chi connectivity index (χ2n) is 5.29. The van der Waals surface area contributed by atoms with Crippen molar-refractivity contribution in [3.8, 4) is 5.75 Å². The fourth-order valence-corrected chi connectivity index (χ4v) is 2.54. The van der Waals surface area contributed by atoms with Gasteiger partial charge in [-0.15, -0.1) is 0 Å². The Kier molecular flexibility index (Phi) is 5.34. The van der Waals surface area contributed by atoms with E-state index < -0.39 is 5.91 Å². The number of para-hydroxylation sites is 1. The predicted molar refractivity (Wildman–Crippen MR) is 100 cm³/mol. The average molecular weight is 371 g/mol. The van der Waals surface area contributed by atoms with Crippen LogP contribution in [0.15, 0.2) is 63.0 Å². The molecule has 132 valence electrons. The lowest BCUT2D eigenvalue weighted by atomic mass is 10.2. The van der Waals surface area contributed by atoms with Crippen LogP contribution in [0.2, 0.25) is 5.02 Å². The van der Waals surface area contributed by atoms with E-state index in [9.17, 15) is 9.59 Å². The SMILES string of the molecule is CCOc1ccccc1C(=O)N/N=C/c1coc2ccc(Cl)cc2c1=O. The van der Waals surface area contributed by atoms with E-state index in [0.29, 0.717) is 33.9 Å². The smallest absolute Gasteiger partial charge is 0.275 e. The molecule has 26 heavy (non-hydrogen) atoms. The highest BCUT2D eigenvalue weighted by Crippen LogP contribution is 2.18. The molecule has 0 spiro atoms. The lowest BCUT2D eigenvalue weighted by Gasteiger charge is -2.08. The van der Waals surface area contributed by atoms with Gasteiger partial charge in [0.05, 0.1) is 29.3 Å². The molecular formula is C19H15ClN2O4. The maximum atomic E-state index is 12.4. The zero-order valence-corrected chi connectivity index (χ0v) is 14.6. The van der Waals surface area contributed by atoms with Crippen LogP contribution in [-0.2, 0) is 0 Å². The van der Waals surface area contributed by atoms with Crippen LogP contribution in [0.25, 0.3) is 11.0 Å². The fraction of sp³-hybridized carbons (Fsp3) is 0.105. The number of nitrogens with zero attached hydrogens (tertiary/aromatic N) is 1. The number of hydrogen-bond donors (Lipinski definition) is 1. The van der Waals surface area contributed by atoms with Crippen molar-refractivity contribution in [2.45, 2.75) is 6.92 Å². The van der Waals surface area contributed by atoms with Gasteiger partial charge in [0.25, 0.3) is 5.91 Å². The molecule has 0 saturated carbocycles. The summed E-state index contributed by atoms with van der Waals surface area (Å²) in [5.41, 5.74) is 3.05. The number of benzene rings is 2. The first kappa shape index (κ1) is 17.7. The lowest BCUT2D eigenvalue weighted by Crippen LogP contribution is -2.19. The van der Waals surface area contributed by atoms with E-state index in [0.717, 1.165) is 0 Å². The molecule has 0 bridgehead atoms. The molecule has 0 aliphatic heterocycles. The molecule has 0 fully saturated rings. The van der Waals surface area contributed by atoms with Gasteiger partial charge in [0.1, 0.15) is 17.6 Å². The van der Waals surface area contributed by atoms with E-state index in [1.54, 1.807) is 36.4 Å². The summed E-state index contributed by atoms with van der Waals surface area (Å²) < 4.78 is 10.8. The quantitative estimate of drug-likeness (QED) is 0.549. The topological polar surface area (TPSA) is 80.9 Å². The third-order valence-electron chi connectivity index (χ3n) is 3.56. The molecule has 0 aliphatic rings. The maximum Gasteiger partial charge on any atom is 0.275 e. The Bertz CT molecular complexity index is 1040. The molecule has 0 radical (unpaired) electrons. The summed E-state index contributed by atoms with van der Waals surface area (Å²) in [5, 5.41) is 4.61. The minimum absolute atomic E-state index is 0.193. The number of ether oxygens (including phenoxy) is 1. The summed E-state index contributed by atoms with van der Waals surface area (Å²) in [7, 11) is 0. The molecule has 2 aromatic carbocycles. The molecule has 1 aromatic heterocycles. The highest BCUT2D eigenvalue weighted by molar-refractivity contribution is 6.31. The van der Waals surface area contributed by atoms with Crippen molar-refractivity contribution in [3.63, 3.8) is 0 Å². The Hall–Kier alpha value is -3.12. The Morgan fingerprint density at radius 1 is 1.31 bits per heavy atom. The van der Waals surface area contributed by atoms with Crippen molar-refractivity contribution in [1.29, 1.82) is 0 Å². The number of fused-ring (bicyclic) bond motifs is 1. The summed E-state index contributed by atoms with van der Waals surface area (Å²) in [6.45, 7) is 2.27. The van der Waals surface area contributed by atoms with Gasteiger partial charge in [-0.25, -0.2) is 5.43 Å². The third kappa shape index (κ3) is 3.75. The van der Waals surface area contributed by atoms with E-state index >= 15 is 0 Å². The fourth-order valence-electron chi connectivity index (χ4n) is 2.36. The summed E-state index contributed by atoms with van der Waals surface area (Å²) in [4.78, 5) is 24.7. The molecule has 0 unspecified atom stereocenters. The van der Waals surface area contributed by atoms with Crippen LogP contribution in [0, 0.1) is 0 Å². The van der Waals surface area contributed by atoms with E-state index in [-0.39, 0.29) is 11.0 Å². The minimum atomic E-state index is -0.446. The summed E-state index contributed by atoms with van der Waals surface area (Å²) in [6, 6.07) is 11.6. The molecule has 6 nitrogen and oxygen atoms in total. The van der Waals surface area contributed by atoms with Gasteiger partial charge in [-0.3, -0.25) is 9.59 Å². The zero-order valence-electron chi connectivity index (χ0n) is 13.9. The van der Waals surface area contributed by atoms with Crippen LogP contribution in [0.1, 0.15) is 22.8 Å². The predicted octanol–water partition coefficient (Wildman–Crippen LogP) is 3.61. The van der Waals surface area contributed by atoms with Crippen LogP contribution >= 0.6 is 11.6 Å². The molecule has 3 rings (SSSR count). The van der Waals surface area contributed by atoms with E-state index in [1.807, 2.05) is 6.92 Å². The first-order chi connectivity index (χ1) is 12.6. The van der Waals surface area contributed by atoms with Gasteiger partial charge in [-0.05, 0) is 37.3 Å². The van der Waals surface area contributed by atoms with Gasteiger partial charge in [0.2, 0.25) is 5.43 Å². The number of hydrazone groups is 1. The van der Waals surface area contributed by atoms with Crippen molar-refractivity contribution < 1.29 is 13.9 Å². The summed E-state index contributed by atoms with van der Waals surface area (Å²) in [5.74, 6) is 0.0149. The number of hydrogen-bond acceptors (Lipinski definition) is 5. The number of halogens is 1. The molecular weight excluding hydrogens is 356 g/mol. The molecule has 0 saturated heterocycles. The Labute approximate surface area is 154 Å². The summed E-state index contributed by atoms with van der Waals surface area (Å²) >= 11 is 5.91. The lowest BCUT2D eigenvalue weighted by molar-refractivity contribution is 0.0951. The van der Waals surface area contributed by atoms with Crippen LogP contribution in [0.3, 0.4) is 0 Å². The summed E-state index contributed by atoms with van der Waals surface area (Å²) in [6.07, 6.45) is 2.51. The number of carbonyl (C=O) groups excluding carboxylic acids is 1. The minimum Gasteiger partial charge on any atom is -0.493 e. The second-order valence-corrected chi connectivity index (χ2v) is 5.73. The largest absolute Gasteiger partial charge is 0.493 e. The maximum absolute atomic E-state index is 12.4. The normalized spacial score (nSPS) is 11.0. The number of carbonyl (C=O) groups is 1. The Balaban J connectivity index is 1.81. The highest BCUT2D eigenvalue weighted by atomic mass is 35.5. The molecule has 1 heterocycles. The molecule has 1 amide bonds. The monoisotopic (exact) mass is 370 g/mol. The van der Waals surface area contributed by atoms with Gasteiger partial charge in [0, 0.05) is 5.02 Å². The highest BCUT2D eigenvalue weighted by Gasteiger charge is 2.11. The van der Waals surface area contributed by atoms with E-state index in [1.165, 1.54) is 18.5 Å². The molecule has 1 N–H and O–H groups in total. The number of nitrogens with one attached hydrogen (secondary N) is 1. The van der Waals surface area contributed by atoms with Gasteiger partial charge < -0.3 is 9.15 Å². The van der Waals surface area contributed by atoms with Gasteiger partial charge in [-0.2, -0.15) is 5.10 Å². The number of amides is 1. The van der Waals surface area contributed by atoms with Crippen molar-refractivity contribution in [2.24, 2.45) is 5.10 Å². The van der Waals surface area contributed by atoms with Crippen molar-refractivity contribution in [2.75, 3.05) is 6.61 Å².